The van der Waals surface area contributed by atoms with Crippen LogP contribution in [0.25, 0.3) is 0 Å². The minimum absolute atomic E-state index is 0.00697. The summed E-state index contributed by atoms with van der Waals surface area (Å²) in [5, 5.41) is 10.7. The van der Waals surface area contributed by atoms with Crippen molar-refractivity contribution in [1.82, 2.24) is 4.90 Å². The van der Waals surface area contributed by atoms with Gasteiger partial charge in [0.1, 0.15) is 0 Å². The Bertz CT molecular complexity index is 368. The van der Waals surface area contributed by atoms with Gasteiger partial charge in [-0.1, -0.05) is 49.6 Å². The number of likely N-dealkylation sites (N-methyl/N-ethyl adjacent to an activating group) is 1. The Balaban J connectivity index is 1.98. The van der Waals surface area contributed by atoms with E-state index in [4.69, 9.17) is 0 Å². The van der Waals surface area contributed by atoms with Gasteiger partial charge in [-0.2, -0.15) is 0 Å². The molecule has 1 aromatic carbocycles. The second kappa shape index (κ2) is 6.53. The fourth-order valence-corrected chi connectivity index (χ4v) is 3.46. The maximum absolute atomic E-state index is 10.7. The summed E-state index contributed by atoms with van der Waals surface area (Å²) in [6.45, 7) is 0. The molecule has 0 radical (unpaired) electrons. The average Bonchev–Trinajstić information content (AvgIpc) is 2.46. The van der Waals surface area contributed by atoms with Gasteiger partial charge in [-0.3, -0.25) is 0 Å². The number of hydrogen-bond donors (Lipinski definition) is 1. The zero-order valence-electron chi connectivity index (χ0n) is 12.3. The summed E-state index contributed by atoms with van der Waals surface area (Å²) in [6.07, 6.45) is 7.71. The third-order valence-corrected chi connectivity index (χ3v) is 4.78. The SMILES string of the molecule is CN(C)C1(C(O)CCc2ccccc2)CCCCC1. The van der Waals surface area contributed by atoms with E-state index in [0.717, 1.165) is 25.7 Å². The van der Waals surface area contributed by atoms with Crippen LogP contribution in [0.3, 0.4) is 0 Å². The minimum Gasteiger partial charge on any atom is -0.391 e. The number of hydrogen-bond acceptors (Lipinski definition) is 2. The average molecular weight is 261 g/mol. The summed E-state index contributed by atoms with van der Waals surface area (Å²) in [5.74, 6) is 0. The van der Waals surface area contributed by atoms with E-state index in [0.29, 0.717) is 0 Å². The van der Waals surface area contributed by atoms with Gasteiger partial charge in [-0.25, -0.2) is 0 Å². The van der Waals surface area contributed by atoms with E-state index in [9.17, 15) is 5.11 Å². The van der Waals surface area contributed by atoms with Crippen LogP contribution in [0, 0.1) is 0 Å². The van der Waals surface area contributed by atoms with Gasteiger partial charge in [0.25, 0.3) is 0 Å². The largest absolute Gasteiger partial charge is 0.391 e. The second-order valence-corrected chi connectivity index (χ2v) is 6.10. The molecule has 2 heteroatoms. The highest BCUT2D eigenvalue weighted by Crippen LogP contribution is 2.36. The molecule has 0 saturated heterocycles. The fourth-order valence-electron chi connectivity index (χ4n) is 3.46. The first-order chi connectivity index (χ1) is 9.15. The summed E-state index contributed by atoms with van der Waals surface area (Å²) < 4.78 is 0. The van der Waals surface area contributed by atoms with Crippen LogP contribution in [0.15, 0.2) is 30.3 Å². The summed E-state index contributed by atoms with van der Waals surface area (Å²) in [5.41, 5.74) is 1.33. The predicted octanol–water partition coefficient (Wildman–Crippen LogP) is 3.24. The normalized spacial score (nSPS) is 20.4. The van der Waals surface area contributed by atoms with Crippen molar-refractivity contribution in [3.05, 3.63) is 35.9 Å². The van der Waals surface area contributed by atoms with Crippen molar-refractivity contribution in [3.8, 4) is 0 Å². The second-order valence-electron chi connectivity index (χ2n) is 6.10. The van der Waals surface area contributed by atoms with Gasteiger partial charge in [-0.05, 0) is 45.3 Å². The highest BCUT2D eigenvalue weighted by atomic mass is 16.3. The van der Waals surface area contributed by atoms with Gasteiger partial charge in [0, 0.05) is 5.54 Å². The Labute approximate surface area is 117 Å². The lowest BCUT2D eigenvalue weighted by molar-refractivity contribution is -0.0353. The quantitative estimate of drug-likeness (QED) is 0.879. The van der Waals surface area contributed by atoms with Gasteiger partial charge >= 0.3 is 0 Å². The third-order valence-electron chi connectivity index (χ3n) is 4.78. The summed E-state index contributed by atoms with van der Waals surface area (Å²) in [7, 11) is 4.24. The topological polar surface area (TPSA) is 23.5 Å². The molecule has 1 fully saturated rings. The molecule has 0 amide bonds. The molecule has 1 atom stereocenters. The van der Waals surface area contributed by atoms with E-state index in [2.05, 4.69) is 43.3 Å². The number of benzene rings is 1. The van der Waals surface area contributed by atoms with E-state index in [1.807, 2.05) is 6.07 Å². The van der Waals surface area contributed by atoms with E-state index in [1.165, 1.54) is 24.8 Å². The van der Waals surface area contributed by atoms with Gasteiger partial charge < -0.3 is 10.0 Å². The van der Waals surface area contributed by atoms with E-state index >= 15 is 0 Å². The molecule has 0 heterocycles. The monoisotopic (exact) mass is 261 g/mol. The number of nitrogens with zero attached hydrogens (tertiary/aromatic N) is 1. The molecular weight excluding hydrogens is 234 g/mol. The minimum atomic E-state index is -0.219. The van der Waals surface area contributed by atoms with Crippen LogP contribution in [0.4, 0.5) is 0 Å². The van der Waals surface area contributed by atoms with Gasteiger partial charge in [0.15, 0.2) is 0 Å². The van der Waals surface area contributed by atoms with Crippen molar-refractivity contribution in [1.29, 1.82) is 0 Å². The van der Waals surface area contributed by atoms with Crippen molar-refractivity contribution in [2.24, 2.45) is 0 Å². The van der Waals surface area contributed by atoms with E-state index in [1.54, 1.807) is 0 Å². The molecule has 1 unspecified atom stereocenters. The first-order valence-electron chi connectivity index (χ1n) is 7.54. The van der Waals surface area contributed by atoms with Gasteiger partial charge in [-0.15, -0.1) is 0 Å². The maximum atomic E-state index is 10.7. The van der Waals surface area contributed by atoms with Crippen LogP contribution >= 0.6 is 0 Å². The molecule has 0 aromatic heterocycles. The zero-order chi connectivity index (χ0) is 13.7. The zero-order valence-corrected chi connectivity index (χ0v) is 12.3. The molecule has 1 aliphatic rings. The van der Waals surface area contributed by atoms with Crippen LogP contribution in [0.5, 0.6) is 0 Å². The van der Waals surface area contributed by atoms with Crippen molar-refractivity contribution >= 4 is 0 Å². The Morgan fingerprint density at radius 3 is 2.32 bits per heavy atom. The van der Waals surface area contributed by atoms with Crippen molar-refractivity contribution in [2.45, 2.75) is 56.6 Å². The Hall–Kier alpha value is -0.860. The lowest BCUT2D eigenvalue weighted by Crippen LogP contribution is -2.54. The van der Waals surface area contributed by atoms with Crippen molar-refractivity contribution in [2.75, 3.05) is 14.1 Å². The first-order valence-corrected chi connectivity index (χ1v) is 7.54. The summed E-state index contributed by atoms with van der Waals surface area (Å²) >= 11 is 0. The number of aliphatic hydroxyl groups is 1. The molecule has 106 valence electrons. The molecule has 2 rings (SSSR count). The first kappa shape index (κ1) is 14.5. The van der Waals surface area contributed by atoms with Gasteiger partial charge in [0.2, 0.25) is 0 Å². The molecule has 1 saturated carbocycles. The fraction of sp³-hybridized carbons (Fsp3) is 0.647. The van der Waals surface area contributed by atoms with Crippen LogP contribution in [0.2, 0.25) is 0 Å². The Kier molecular flexibility index (Phi) is 5.00. The molecule has 2 nitrogen and oxygen atoms in total. The molecule has 1 aromatic rings. The molecule has 0 bridgehead atoms. The van der Waals surface area contributed by atoms with Gasteiger partial charge in [0.05, 0.1) is 6.10 Å². The molecule has 0 spiro atoms. The van der Waals surface area contributed by atoms with E-state index in [-0.39, 0.29) is 11.6 Å². The lowest BCUT2D eigenvalue weighted by Gasteiger charge is -2.46. The van der Waals surface area contributed by atoms with E-state index < -0.39 is 0 Å². The number of aliphatic hydroxyl groups excluding tert-OH is 1. The Morgan fingerprint density at radius 1 is 1.11 bits per heavy atom. The highest BCUT2D eigenvalue weighted by molar-refractivity contribution is 5.15. The lowest BCUT2D eigenvalue weighted by atomic mass is 9.75. The van der Waals surface area contributed by atoms with Crippen LogP contribution in [-0.4, -0.2) is 35.7 Å². The standard InChI is InChI=1S/C17H27NO/c1-18(2)17(13-7-4-8-14-17)16(19)12-11-15-9-5-3-6-10-15/h3,5-6,9-10,16,19H,4,7-8,11-14H2,1-2H3. The van der Waals surface area contributed by atoms with Crippen LogP contribution in [-0.2, 0) is 6.42 Å². The maximum Gasteiger partial charge on any atom is 0.0726 e. The molecule has 1 aliphatic carbocycles. The Morgan fingerprint density at radius 2 is 1.74 bits per heavy atom. The molecular formula is C17H27NO. The summed E-state index contributed by atoms with van der Waals surface area (Å²) in [6, 6.07) is 10.5. The molecule has 19 heavy (non-hydrogen) atoms. The predicted molar refractivity (Wildman–Crippen MR) is 80.3 cm³/mol. The molecule has 1 N–H and O–H groups in total. The van der Waals surface area contributed by atoms with Crippen molar-refractivity contribution in [3.63, 3.8) is 0 Å². The number of rotatable bonds is 5. The molecule has 0 aliphatic heterocycles. The smallest absolute Gasteiger partial charge is 0.0726 e. The summed E-state index contributed by atoms with van der Waals surface area (Å²) in [4.78, 5) is 2.27. The van der Waals surface area contributed by atoms with Crippen LogP contribution < -0.4 is 0 Å². The van der Waals surface area contributed by atoms with Crippen molar-refractivity contribution < 1.29 is 5.11 Å². The third kappa shape index (κ3) is 3.37. The number of aryl methyl sites for hydroxylation is 1. The highest BCUT2D eigenvalue weighted by Gasteiger charge is 2.40. The van der Waals surface area contributed by atoms with Crippen LogP contribution in [0.1, 0.15) is 44.1 Å².